The molecular weight excluding hydrogens is 362 g/mol. The molecule has 1 aliphatic carbocycles. The summed E-state index contributed by atoms with van der Waals surface area (Å²) in [5, 5.41) is 6.14. The zero-order valence-corrected chi connectivity index (χ0v) is 17.3. The Morgan fingerprint density at radius 2 is 1.79 bits per heavy atom. The third kappa shape index (κ3) is 3.60. The van der Waals surface area contributed by atoms with Crippen LogP contribution in [-0.4, -0.2) is 48.8 Å². The summed E-state index contributed by atoms with van der Waals surface area (Å²) in [4.78, 5) is 7.57. The van der Waals surface area contributed by atoms with Crippen molar-refractivity contribution in [2.24, 2.45) is 0 Å². The lowest BCUT2D eigenvalue weighted by Crippen LogP contribution is -2.40. The van der Waals surface area contributed by atoms with Gasteiger partial charge in [-0.2, -0.15) is 0 Å². The summed E-state index contributed by atoms with van der Waals surface area (Å²) in [5.41, 5.74) is 3.10. The average molecular weight is 392 g/mol. The van der Waals surface area contributed by atoms with Gasteiger partial charge in [-0.15, -0.1) is 0 Å². The van der Waals surface area contributed by atoms with Gasteiger partial charge in [0.25, 0.3) is 0 Å². The van der Waals surface area contributed by atoms with Crippen LogP contribution in [0.5, 0.6) is 11.5 Å². The molecule has 2 aliphatic rings. The van der Waals surface area contributed by atoms with Crippen LogP contribution in [0.15, 0.2) is 36.4 Å². The lowest BCUT2D eigenvalue weighted by Gasteiger charge is -2.33. The van der Waals surface area contributed by atoms with Crippen molar-refractivity contribution in [2.45, 2.75) is 44.7 Å². The number of piperidine rings is 1. The summed E-state index contributed by atoms with van der Waals surface area (Å²) in [6.45, 7) is 4.97. The Morgan fingerprint density at radius 1 is 1.00 bits per heavy atom. The van der Waals surface area contributed by atoms with Crippen molar-refractivity contribution in [2.75, 3.05) is 32.1 Å². The number of hydrogen-bond acceptors (Lipinski definition) is 5. The van der Waals surface area contributed by atoms with E-state index in [1.807, 2.05) is 19.1 Å². The monoisotopic (exact) mass is 391 g/mol. The topological polar surface area (TPSA) is 46.6 Å². The quantitative estimate of drug-likeness (QED) is 0.610. The maximum Gasteiger partial charge on any atom is 0.163 e. The van der Waals surface area contributed by atoms with E-state index >= 15 is 0 Å². The van der Waals surface area contributed by atoms with Crippen molar-refractivity contribution >= 4 is 27.5 Å². The summed E-state index contributed by atoms with van der Waals surface area (Å²) in [6, 6.07) is 13.8. The number of nitrogens with one attached hydrogen (secondary N) is 1. The Kier molecular flexibility index (Phi) is 4.92. The molecule has 0 bridgehead atoms. The SMILES string of the molecule is CCOc1cc2nc3ccccc3c(NC3CCN(C4CC4)CC3)c2cc1OC. The standard InChI is InChI=1S/C24H29N3O2/c1-3-29-23-15-21-19(14-22(23)28-2)24(18-6-4-5-7-20(18)26-21)25-16-10-12-27(13-11-16)17-8-9-17/h4-7,14-17H,3,8-13H2,1-2H3,(H,25,26). The van der Waals surface area contributed by atoms with E-state index in [4.69, 9.17) is 14.5 Å². The summed E-state index contributed by atoms with van der Waals surface area (Å²) in [5.74, 6) is 1.50. The van der Waals surface area contributed by atoms with E-state index in [-0.39, 0.29) is 0 Å². The number of nitrogens with zero attached hydrogens (tertiary/aromatic N) is 2. The number of ether oxygens (including phenoxy) is 2. The molecule has 1 aliphatic heterocycles. The molecule has 2 fully saturated rings. The average Bonchev–Trinajstić information content (AvgIpc) is 3.59. The fraction of sp³-hybridized carbons (Fsp3) is 0.458. The maximum absolute atomic E-state index is 5.79. The third-order valence-corrected chi connectivity index (χ3v) is 6.21. The van der Waals surface area contributed by atoms with Crippen molar-refractivity contribution in [3.05, 3.63) is 36.4 Å². The molecule has 2 aromatic carbocycles. The molecule has 1 saturated carbocycles. The molecule has 2 heterocycles. The molecule has 0 unspecified atom stereocenters. The summed E-state index contributed by atoms with van der Waals surface area (Å²) in [7, 11) is 1.69. The van der Waals surface area contributed by atoms with E-state index in [2.05, 4.69) is 34.5 Å². The van der Waals surface area contributed by atoms with Crippen LogP contribution in [0.1, 0.15) is 32.6 Å². The van der Waals surface area contributed by atoms with Crippen LogP contribution < -0.4 is 14.8 Å². The Labute approximate surface area is 172 Å². The predicted octanol–water partition coefficient (Wildman–Crippen LogP) is 4.83. The minimum atomic E-state index is 0.483. The zero-order valence-electron chi connectivity index (χ0n) is 17.3. The highest BCUT2D eigenvalue weighted by molar-refractivity contribution is 6.08. The van der Waals surface area contributed by atoms with Crippen LogP contribution in [0.25, 0.3) is 21.8 Å². The van der Waals surface area contributed by atoms with Gasteiger partial charge in [0.15, 0.2) is 11.5 Å². The third-order valence-electron chi connectivity index (χ3n) is 6.21. The van der Waals surface area contributed by atoms with Gasteiger partial charge in [0.1, 0.15) is 0 Å². The van der Waals surface area contributed by atoms with Gasteiger partial charge < -0.3 is 19.7 Å². The number of fused-ring (bicyclic) bond motifs is 2. The number of aromatic nitrogens is 1. The molecular formula is C24H29N3O2. The molecule has 5 rings (SSSR count). The molecule has 0 amide bonds. The van der Waals surface area contributed by atoms with Gasteiger partial charge in [-0.25, -0.2) is 4.98 Å². The first-order valence-electron chi connectivity index (χ1n) is 10.8. The van der Waals surface area contributed by atoms with Crippen molar-refractivity contribution in [1.82, 2.24) is 9.88 Å². The van der Waals surface area contributed by atoms with Gasteiger partial charge in [-0.1, -0.05) is 18.2 Å². The van der Waals surface area contributed by atoms with E-state index in [0.29, 0.717) is 12.6 Å². The number of anilines is 1. The molecule has 0 atom stereocenters. The normalized spacial score (nSPS) is 18.3. The van der Waals surface area contributed by atoms with Gasteiger partial charge in [0.2, 0.25) is 0 Å². The smallest absolute Gasteiger partial charge is 0.163 e. The first-order chi connectivity index (χ1) is 14.3. The fourth-order valence-corrected chi connectivity index (χ4v) is 4.54. The zero-order chi connectivity index (χ0) is 19.8. The van der Waals surface area contributed by atoms with Crippen LogP contribution in [0, 0.1) is 0 Å². The second-order valence-corrected chi connectivity index (χ2v) is 8.14. The first kappa shape index (κ1) is 18.5. The van der Waals surface area contributed by atoms with Crippen molar-refractivity contribution in [1.29, 1.82) is 0 Å². The van der Waals surface area contributed by atoms with E-state index in [0.717, 1.165) is 45.0 Å². The van der Waals surface area contributed by atoms with Crippen LogP contribution in [-0.2, 0) is 0 Å². The molecule has 0 radical (unpaired) electrons. The molecule has 29 heavy (non-hydrogen) atoms. The Morgan fingerprint density at radius 3 is 2.52 bits per heavy atom. The fourth-order valence-electron chi connectivity index (χ4n) is 4.54. The molecule has 152 valence electrons. The molecule has 5 heteroatoms. The number of para-hydroxylation sites is 1. The number of hydrogen-bond donors (Lipinski definition) is 1. The molecule has 3 aromatic rings. The van der Waals surface area contributed by atoms with E-state index in [1.54, 1.807) is 7.11 Å². The molecule has 0 spiro atoms. The van der Waals surface area contributed by atoms with Gasteiger partial charge in [0, 0.05) is 42.0 Å². The van der Waals surface area contributed by atoms with Crippen LogP contribution in [0.4, 0.5) is 5.69 Å². The van der Waals surface area contributed by atoms with Crippen LogP contribution in [0.2, 0.25) is 0 Å². The van der Waals surface area contributed by atoms with Gasteiger partial charge in [0.05, 0.1) is 30.4 Å². The van der Waals surface area contributed by atoms with Crippen LogP contribution >= 0.6 is 0 Å². The van der Waals surface area contributed by atoms with Gasteiger partial charge in [-0.05, 0) is 44.7 Å². The minimum Gasteiger partial charge on any atom is -0.493 e. The number of pyridine rings is 1. The summed E-state index contributed by atoms with van der Waals surface area (Å²) >= 11 is 0. The highest BCUT2D eigenvalue weighted by atomic mass is 16.5. The van der Waals surface area contributed by atoms with Crippen molar-refractivity contribution in [3.63, 3.8) is 0 Å². The van der Waals surface area contributed by atoms with E-state index < -0.39 is 0 Å². The highest BCUT2D eigenvalue weighted by Gasteiger charge is 2.32. The van der Waals surface area contributed by atoms with Crippen molar-refractivity contribution < 1.29 is 9.47 Å². The van der Waals surface area contributed by atoms with Crippen LogP contribution in [0.3, 0.4) is 0 Å². The maximum atomic E-state index is 5.79. The lowest BCUT2D eigenvalue weighted by atomic mass is 10.0. The summed E-state index contributed by atoms with van der Waals surface area (Å²) in [6.07, 6.45) is 5.14. The molecule has 1 aromatic heterocycles. The Bertz CT molecular complexity index is 1020. The second-order valence-electron chi connectivity index (χ2n) is 8.14. The number of methoxy groups -OCH3 is 1. The minimum absolute atomic E-state index is 0.483. The molecule has 1 N–H and O–H groups in total. The van der Waals surface area contributed by atoms with Gasteiger partial charge >= 0.3 is 0 Å². The number of likely N-dealkylation sites (tertiary alicyclic amines) is 1. The van der Waals surface area contributed by atoms with Crippen molar-refractivity contribution in [3.8, 4) is 11.5 Å². The summed E-state index contributed by atoms with van der Waals surface area (Å²) < 4.78 is 11.4. The number of rotatable bonds is 6. The second kappa shape index (κ2) is 7.71. The Hall–Kier alpha value is -2.53. The predicted molar refractivity (Wildman–Crippen MR) is 118 cm³/mol. The van der Waals surface area contributed by atoms with Gasteiger partial charge in [-0.3, -0.25) is 0 Å². The lowest BCUT2D eigenvalue weighted by molar-refractivity contribution is 0.210. The van der Waals surface area contributed by atoms with E-state index in [9.17, 15) is 0 Å². The number of benzene rings is 2. The molecule has 5 nitrogen and oxygen atoms in total. The van der Waals surface area contributed by atoms with E-state index in [1.165, 1.54) is 38.8 Å². The molecule has 1 saturated heterocycles. The Balaban J connectivity index is 1.55. The first-order valence-corrected chi connectivity index (χ1v) is 10.8. The highest BCUT2D eigenvalue weighted by Crippen LogP contribution is 2.39. The largest absolute Gasteiger partial charge is 0.493 e.